The van der Waals surface area contributed by atoms with Crippen LogP contribution in [0.1, 0.15) is 12.5 Å². The number of rotatable bonds is 2. The number of anilines is 1. The molecule has 1 fully saturated rings. The Balaban J connectivity index is 1.60. The van der Waals surface area contributed by atoms with Gasteiger partial charge in [0.15, 0.2) is 0 Å². The molecule has 21 heavy (non-hydrogen) atoms. The summed E-state index contributed by atoms with van der Waals surface area (Å²) in [4.78, 5) is 15.5. The molecule has 0 spiro atoms. The van der Waals surface area contributed by atoms with E-state index in [1.54, 1.807) is 12.4 Å². The molecule has 1 atom stereocenters. The minimum atomic E-state index is 0.421. The first-order valence-electron chi connectivity index (χ1n) is 6.95. The average Bonchev–Trinajstić information content (AvgIpc) is 3.14. The second-order valence-electron chi connectivity index (χ2n) is 5.23. The molecule has 0 bridgehead atoms. The number of halogens is 1. The normalized spacial score (nSPS) is 18.5. The molecule has 0 unspecified atom stereocenters. The zero-order valence-corrected chi connectivity index (χ0v) is 12.9. The molecule has 2 aromatic heterocycles. The van der Waals surface area contributed by atoms with E-state index in [-0.39, 0.29) is 0 Å². The van der Waals surface area contributed by atoms with Crippen LogP contribution in [0, 0.1) is 0 Å². The number of fused-ring (bicyclic) bond motifs is 1. The molecule has 6 heteroatoms. The molecule has 3 aromatic rings. The maximum absolute atomic E-state index is 4.48. The van der Waals surface area contributed by atoms with Crippen molar-refractivity contribution in [3.05, 3.63) is 47.5 Å². The van der Waals surface area contributed by atoms with Crippen LogP contribution >= 0.6 is 15.9 Å². The second kappa shape index (κ2) is 5.11. The fourth-order valence-corrected chi connectivity index (χ4v) is 3.09. The third-order valence-electron chi connectivity index (χ3n) is 3.93. The van der Waals surface area contributed by atoms with E-state index in [0.29, 0.717) is 6.04 Å². The summed E-state index contributed by atoms with van der Waals surface area (Å²) in [5, 5.41) is 0. The lowest BCUT2D eigenvalue weighted by molar-refractivity contribution is 0.566. The van der Waals surface area contributed by atoms with Crippen molar-refractivity contribution in [1.82, 2.24) is 19.5 Å². The van der Waals surface area contributed by atoms with Gasteiger partial charge < -0.3 is 9.47 Å². The van der Waals surface area contributed by atoms with E-state index in [2.05, 4.69) is 58.5 Å². The lowest BCUT2D eigenvalue weighted by atomic mass is 10.2. The van der Waals surface area contributed by atoms with E-state index >= 15 is 0 Å². The highest BCUT2D eigenvalue weighted by Crippen LogP contribution is 2.27. The number of aromatic nitrogens is 4. The standard InChI is InChI=1S/C15H14BrN5/c16-11-7-17-15(18-8-11)20-6-5-12(9-20)21-10-19-13-3-1-2-4-14(13)21/h1-4,7-8,10,12H,5-6,9H2/t12-/m1/s1. The van der Waals surface area contributed by atoms with Gasteiger partial charge in [-0.1, -0.05) is 12.1 Å². The molecule has 0 amide bonds. The quantitative estimate of drug-likeness (QED) is 0.717. The van der Waals surface area contributed by atoms with Crippen molar-refractivity contribution in [2.75, 3.05) is 18.0 Å². The van der Waals surface area contributed by atoms with E-state index < -0.39 is 0 Å². The number of hydrogen-bond donors (Lipinski definition) is 0. The van der Waals surface area contributed by atoms with Crippen LogP contribution in [0.2, 0.25) is 0 Å². The first-order chi connectivity index (χ1) is 10.3. The van der Waals surface area contributed by atoms with Crippen molar-refractivity contribution in [2.45, 2.75) is 12.5 Å². The number of imidazole rings is 1. The van der Waals surface area contributed by atoms with Crippen molar-refractivity contribution in [3.8, 4) is 0 Å². The van der Waals surface area contributed by atoms with Crippen molar-refractivity contribution in [1.29, 1.82) is 0 Å². The Morgan fingerprint density at radius 3 is 2.76 bits per heavy atom. The summed E-state index contributed by atoms with van der Waals surface area (Å²) >= 11 is 3.37. The average molecular weight is 344 g/mol. The van der Waals surface area contributed by atoms with Gasteiger partial charge in [-0.3, -0.25) is 0 Å². The fraction of sp³-hybridized carbons (Fsp3) is 0.267. The number of benzene rings is 1. The summed E-state index contributed by atoms with van der Waals surface area (Å²) < 4.78 is 3.18. The predicted molar refractivity (Wildman–Crippen MR) is 85.3 cm³/mol. The second-order valence-corrected chi connectivity index (χ2v) is 6.15. The van der Waals surface area contributed by atoms with E-state index in [9.17, 15) is 0 Å². The molecular formula is C15H14BrN5. The van der Waals surface area contributed by atoms with Gasteiger partial charge in [0.25, 0.3) is 0 Å². The van der Waals surface area contributed by atoms with Crippen molar-refractivity contribution < 1.29 is 0 Å². The van der Waals surface area contributed by atoms with Gasteiger partial charge in [0.2, 0.25) is 5.95 Å². The molecular weight excluding hydrogens is 330 g/mol. The van der Waals surface area contributed by atoms with E-state index in [1.807, 2.05) is 12.4 Å². The lowest BCUT2D eigenvalue weighted by Crippen LogP contribution is -2.22. The largest absolute Gasteiger partial charge is 0.339 e. The maximum atomic E-state index is 4.48. The highest BCUT2D eigenvalue weighted by atomic mass is 79.9. The van der Waals surface area contributed by atoms with Crippen LogP contribution in [0.25, 0.3) is 11.0 Å². The van der Waals surface area contributed by atoms with Crippen LogP contribution in [0.4, 0.5) is 5.95 Å². The first kappa shape index (κ1) is 12.8. The zero-order valence-electron chi connectivity index (χ0n) is 11.4. The van der Waals surface area contributed by atoms with Crippen molar-refractivity contribution in [3.63, 3.8) is 0 Å². The Bertz CT molecular complexity index is 767. The summed E-state index contributed by atoms with van der Waals surface area (Å²) in [7, 11) is 0. The minimum Gasteiger partial charge on any atom is -0.339 e. The van der Waals surface area contributed by atoms with Crippen LogP contribution in [0.15, 0.2) is 47.5 Å². The Hall–Kier alpha value is -1.95. The predicted octanol–water partition coefficient (Wildman–Crippen LogP) is 3.04. The Labute approximate surface area is 130 Å². The van der Waals surface area contributed by atoms with Gasteiger partial charge >= 0.3 is 0 Å². The molecule has 1 aromatic carbocycles. The molecule has 4 rings (SSSR count). The summed E-state index contributed by atoms with van der Waals surface area (Å²) in [5.41, 5.74) is 2.25. The van der Waals surface area contributed by atoms with Crippen LogP contribution < -0.4 is 4.90 Å². The molecule has 1 aliphatic heterocycles. The monoisotopic (exact) mass is 343 g/mol. The van der Waals surface area contributed by atoms with Crippen LogP contribution in [0.3, 0.4) is 0 Å². The molecule has 3 heterocycles. The number of hydrogen-bond acceptors (Lipinski definition) is 4. The summed E-state index contributed by atoms with van der Waals surface area (Å²) in [5.74, 6) is 0.796. The summed E-state index contributed by atoms with van der Waals surface area (Å²) in [6.45, 7) is 1.89. The van der Waals surface area contributed by atoms with E-state index in [4.69, 9.17) is 0 Å². The zero-order chi connectivity index (χ0) is 14.2. The van der Waals surface area contributed by atoms with Crippen molar-refractivity contribution >= 4 is 32.9 Å². The third-order valence-corrected chi connectivity index (χ3v) is 4.34. The smallest absolute Gasteiger partial charge is 0.225 e. The molecule has 0 N–H and O–H groups in total. The van der Waals surface area contributed by atoms with E-state index in [1.165, 1.54) is 5.52 Å². The molecule has 5 nitrogen and oxygen atoms in total. The lowest BCUT2D eigenvalue weighted by Gasteiger charge is -2.17. The topological polar surface area (TPSA) is 46.8 Å². The molecule has 1 saturated heterocycles. The number of nitrogens with zero attached hydrogens (tertiary/aromatic N) is 5. The van der Waals surface area contributed by atoms with Crippen LogP contribution in [0.5, 0.6) is 0 Å². The third kappa shape index (κ3) is 2.29. The fourth-order valence-electron chi connectivity index (χ4n) is 2.89. The minimum absolute atomic E-state index is 0.421. The maximum Gasteiger partial charge on any atom is 0.225 e. The summed E-state index contributed by atoms with van der Waals surface area (Å²) in [6.07, 6.45) is 6.62. The molecule has 106 valence electrons. The van der Waals surface area contributed by atoms with Gasteiger partial charge in [0.1, 0.15) is 0 Å². The summed E-state index contributed by atoms with van der Waals surface area (Å²) in [6, 6.07) is 8.68. The Kier molecular flexibility index (Phi) is 3.11. The molecule has 1 aliphatic rings. The van der Waals surface area contributed by atoms with Gasteiger partial charge in [0, 0.05) is 25.5 Å². The Morgan fingerprint density at radius 1 is 1.10 bits per heavy atom. The SMILES string of the molecule is Brc1cnc(N2CC[C@@H](n3cnc4ccccc43)C2)nc1. The van der Waals surface area contributed by atoms with Gasteiger partial charge in [-0.15, -0.1) is 0 Å². The van der Waals surface area contributed by atoms with E-state index in [0.717, 1.165) is 35.4 Å². The van der Waals surface area contributed by atoms with Gasteiger partial charge in [0.05, 0.1) is 27.9 Å². The van der Waals surface area contributed by atoms with Gasteiger partial charge in [-0.25, -0.2) is 15.0 Å². The highest BCUT2D eigenvalue weighted by molar-refractivity contribution is 9.10. The Morgan fingerprint density at radius 2 is 1.90 bits per heavy atom. The highest BCUT2D eigenvalue weighted by Gasteiger charge is 2.26. The molecule has 0 radical (unpaired) electrons. The van der Waals surface area contributed by atoms with Gasteiger partial charge in [-0.05, 0) is 34.5 Å². The van der Waals surface area contributed by atoms with Crippen molar-refractivity contribution in [2.24, 2.45) is 0 Å². The molecule has 0 saturated carbocycles. The van der Waals surface area contributed by atoms with Gasteiger partial charge in [-0.2, -0.15) is 0 Å². The van der Waals surface area contributed by atoms with Crippen LogP contribution in [-0.2, 0) is 0 Å². The first-order valence-corrected chi connectivity index (χ1v) is 7.74. The van der Waals surface area contributed by atoms with Crippen LogP contribution in [-0.4, -0.2) is 32.6 Å². The number of para-hydroxylation sites is 2. The molecule has 0 aliphatic carbocycles.